The van der Waals surface area contributed by atoms with E-state index in [2.05, 4.69) is 33.9 Å². The Balaban J connectivity index is 3.22. The lowest BCUT2D eigenvalue weighted by Gasteiger charge is -2.39. The van der Waals surface area contributed by atoms with E-state index >= 15 is 0 Å². The van der Waals surface area contributed by atoms with Crippen LogP contribution in [-0.2, 0) is 25.5 Å². The van der Waals surface area contributed by atoms with Crippen molar-refractivity contribution in [3.8, 4) is 0 Å². The van der Waals surface area contributed by atoms with E-state index in [0.717, 1.165) is 5.56 Å². The van der Waals surface area contributed by atoms with Crippen LogP contribution in [0, 0.1) is 5.41 Å². The summed E-state index contributed by atoms with van der Waals surface area (Å²) in [5.41, 5.74) is -1.26. The zero-order valence-electron chi connectivity index (χ0n) is 18.1. The SMILES string of the molecule is COC(=O)C(C/C=C/[C@H](O)[Si](C)(C)C(C)(C)C)(Cc1ccccc1)C(=O)OC. The molecule has 6 heteroatoms. The molecular formula is C22H34O5Si. The minimum absolute atomic E-state index is 0.00256. The van der Waals surface area contributed by atoms with E-state index in [0.29, 0.717) is 0 Å². The third kappa shape index (κ3) is 5.32. The van der Waals surface area contributed by atoms with Crippen molar-refractivity contribution in [3.05, 3.63) is 48.0 Å². The van der Waals surface area contributed by atoms with Gasteiger partial charge in [0.05, 0.1) is 28.0 Å². The molecule has 1 rings (SSSR count). The van der Waals surface area contributed by atoms with Gasteiger partial charge >= 0.3 is 11.9 Å². The van der Waals surface area contributed by atoms with E-state index in [1.54, 1.807) is 12.2 Å². The van der Waals surface area contributed by atoms with Gasteiger partial charge in [-0.2, -0.15) is 0 Å². The molecule has 0 saturated heterocycles. The molecule has 0 aliphatic rings. The van der Waals surface area contributed by atoms with Gasteiger partial charge in [-0.25, -0.2) is 0 Å². The molecular weight excluding hydrogens is 372 g/mol. The number of hydrogen-bond donors (Lipinski definition) is 1. The maximum atomic E-state index is 12.7. The number of esters is 2. The molecule has 0 bridgehead atoms. The fraction of sp³-hybridized carbons (Fsp3) is 0.545. The number of aliphatic hydroxyl groups excluding tert-OH is 1. The predicted octanol–water partition coefficient (Wildman–Crippen LogP) is 3.92. The first-order valence-electron chi connectivity index (χ1n) is 9.48. The van der Waals surface area contributed by atoms with Gasteiger partial charge in [-0.05, 0) is 23.4 Å². The minimum atomic E-state index is -2.01. The molecule has 0 unspecified atom stereocenters. The average molecular weight is 407 g/mol. The van der Waals surface area contributed by atoms with E-state index in [-0.39, 0.29) is 17.9 Å². The summed E-state index contributed by atoms with van der Waals surface area (Å²) in [6.45, 7) is 10.6. The largest absolute Gasteiger partial charge is 0.468 e. The molecule has 0 aromatic heterocycles. The van der Waals surface area contributed by atoms with Crippen molar-refractivity contribution in [2.45, 2.75) is 57.5 Å². The van der Waals surface area contributed by atoms with Crippen LogP contribution >= 0.6 is 0 Å². The highest BCUT2D eigenvalue weighted by Gasteiger charge is 2.48. The highest BCUT2D eigenvalue weighted by atomic mass is 28.3. The first kappa shape index (κ1) is 24.1. The van der Waals surface area contributed by atoms with E-state index in [1.807, 2.05) is 30.3 Å². The van der Waals surface area contributed by atoms with E-state index in [4.69, 9.17) is 9.47 Å². The maximum Gasteiger partial charge on any atom is 0.323 e. The number of carbonyl (C=O) groups excluding carboxylic acids is 2. The van der Waals surface area contributed by atoms with Crippen LogP contribution in [0.1, 0.15) is 32.8 Å². The van der Waals surface area contributed by atoms with Gasteiger partial charge in [0.15, 0.2) is 5.41 Å². The maximum absolute atomic E-state index is 12.7. The Morgan fingerprint density at radius 2 is 1.57 bits per heavy atom. The minimum Gasteiger partial charge on any atom is -0.468 e. The Morgan fingerprint density at radius 1 is 1.07 bits per heavy atom. The predicted molar refractivity (Wildman–Crippen MR) is 114 cm³/mol. The summed E-state index contributed by atoms with van der Waals surface area (Å²) < 4.78 is 9.92. The van der Waals surface area contributed by atoms with Crippen LogP contribution in [0.3, 0.4) is 0 Å². The van der Waals surface area contributed by atoms with Crippen LogP contribution in [0.5, 0.6) is 0 Å². The second kappa shape index (κ2) is 9.52. The molecule has 0 amide bonds. The molecule has 0 aliphatic heterocycles. The van der Waals surface area contributed by atoms with E-state index in [1.165, 1.54) is 14.2 Å². The number of ether oxygens (including phenoxy) is 2. The summed E-state index contributed by atoms with van der Waals surface area (Å²) in [5, 5.41) is 10.7. The Hall–Kier alpha value is -1.92. The number of methoxy groups -OCH3 is 2. The first-order valence-corrected chi connectivity index (χ1v) is 12.6. The lowest BCUT2D eigenvalue weighted by Crippen LogP contribution is -2.48. The molecule has 0 aliphatic carbocycles. The fourth-order valence-corrected chi connectivity index (χ4v) is 4.39. The highest BCUT2D eigenvalue weighted by molar-refractivity contribution is 6.81. The van der Waals surface area contributed by atoms with Crippen molar-refractivity contribution in [2.24, 2.45) is 5.41 Å². The Morgan fingerprint density at radius 3 is 2.00 bits per heavy atom. The number of allylic oxidation sites excluding steroid dienone is 1. The number of rotatable bonds is 8. The number of aliphatic hydroxyl groups is 1. The third-order valence-electron chi connectivity index (χ3n) is 5.96. The fourth-order valence-electron chi connectivity index (χ4n) is 2.88. The van der Waals surface area contributed by atoms with Crippen molar-refractivity contribution in [1.29, 1.82) is 0 Å². The number of benzene rings is 1. The van der Waals surface area contributed by atoms with Crippen molar-refractivity contribution in [3.63, 3.8) is 0 Å². The van der Waals surface area contributed by atoms with Crippen LogP contribution in [0.15, 0.2) is 42.5 Å². The van der Waals surface area contributed by atoms with Gasteiger partial charge < -0.3 is 14.6 Å². The van der Waals surface area contributed by atoms with Gasteiger partial charge in [0.2, 0.25) is 0 Å². The lowest BCUT2D eigenvalue weighted by molar-refractivity contribution is -0.169. The van der Waals surface area contributed by atoms with Gasteiger partial charge in [0.25, 0.3) is 0 Å². The second-order valence-electron chi connectivity index (χ2n) is 8.78. The monoisotopic (exact) mass is 406 g/mol. The van der Waals surface area contributed by atoms with Gasteiger partial charge in [0, 0.05) is 0 Å². The molecule has 0 radical (unpaired) electrons. The van der Waals surface area contributed by atoms with Gasteiger partial charge in [-0.1, -0.05) is 76.3 Å². The quantitative estimate of drug-likeness (QED) is 0.307. The third-order valence-corrected chi connectivity index (χ3v) is 11.5. The van der Waals surface area contributed by atoms with Crippen molar-refractivity contribution < 1.29 is 24.2 Å². The van der Waals surface area contributed by atoms with Crippen LogP contribution in [0.25, 0.3) is 0 Å². The molecule has 1 aromatic rings. The molecule has 1 atom stereocenters. The standard InChI is InChI=1S/C22H34O5Si/c1-21(2,3)28(6,7)18(23)14-11-15-22(19(24)26-4,20(25)27-5)16-17-12-9-8-10-13-17/h8-14,18,23H,15-16H2,1-7H3/b14-11+/t18-/m1/s1. The number of hydrogen-bond acceptors (Lipinski definition) is 5. The summed E-state index contributed by atoms with van der Waals surface area (Å²) >= 11 is 0. The summed E-state index contributed by atoms with van der Waals surface area (Å²) in [6.07, 6.45) is 3.67. The Bertz CT molecular complexity index is 673. The Labute approximate surface area is 169 Å². The second-order valence-corrected chi connectivity index (χ2v) is 14.3. The number of carbonyl (C=O) groups is 2. The molecule has 0 fully saturated rings. The van der Waals surface area contributed by atoms with Crippen LogP contribution in [-0.4, -0.2) is 45.1 Å². The molecule has 0 spiro atoms. The normalized spacial score (nSPS) is 14.0. The summed E-state index contributed by atoms with van der Waals surface area (Å²) in [5.74, 6) is -1.29. The van der Waals surface area contributed by atoms with E-state index < -0.39 is 31.2 Å². The molecule has 1 aromatic carbocycles. The zero-order chi connectivity index (χ0) is 21.6. The van der Waals surface area contributed by atoms with Crippen molar-refractivity contribution in [2.75, 3.05) is 14.2 Å². The van der Waals surface area contributed by atoms with Crippen molar-refractivity contribution >= 4 is 20.0 Å². The van der Waals surface area contributed by atoms with Gasteiger partial charge in [0.1, 0.15) is 0 Å². The molecule has 0 heterocycles. The molecule has 156 valence electrons. The smallest absolute Gasteiger partial charge is 0.323 e. The summed E-state index contributed by atoms with van der Waals surface area (Å²) in [6, 6.07) is 9.29. The molecule has 0 saturated carbocycles. The van der Waals surface area contributed by atoms with Gasteiger partial charge in [-0.15, -0.1) is 0 Å². The highest BCUT2D eigenvalue weighted by Crippen LogP contribution is 2.39. The molecule has 5 nitrogen and oxygen atoms in total. The first-order chi connectivity index (χ1) is 12.9. The molecule has 1 N–H and O–H groups in total. The summed E-state index contributed by atoms with van der Waals surface area (Å²) in [7, 11) is 0.513. The van der Waals surface area contributed by atoms with Crippen molar-refractivity contribution in [1.82, 2.24) is 0 Å². The van der Waals surface area contributed by atoms with Gasteiger partial charge in [-0.3, -0.25) is 9.59 Å². The topological polar surface area (TPSA) is 72.8 Å². The average Bonchev–Trinajstić information content (AvgIpc) is 2.65. The van der Waals surface area contributed by atoms with Crippen LogP contribution in [0.2, 0.25) is 18.1 Å². The zero-order valence-corrected chi connectivity index (χ0v) is 19.1. The molecule has 28 heavy (non-hydrogen) atoms. The lowest BCUT2D eigenvalue weighted by atomic mass is 9.78. The van der Waals surface area contributed by atoms with Crippen LogP contribution < -0.4 is 0 Å². The Kier molecular flexibility index (Phi) is 8.20. The summed E-state index contributed by atoms with van der Waals surface area (Å²) in [4.78, 5) is 25.3. The van der Waals surface area contributed by atoms with Crippen LogP contribution in [0.4, 0.5) is 0 Å². The van der Waals surface area contributed by atoms with E-state index in [9.17, 15) is 14.7 Å².